The monoisotopic (exact) mass is 328 g/mol. The van der Waals surface area contributed by atoms with Crippen LogP contribution in [0.5, 0.6) is 0 Å². The molecule has 1 rings (SSSR count). The van der Waals surface area contributed by atoms with Gasteiger partial charge in [-0.2, -0.15) is 0 Å². The topological polar surface area (TPSA) is 83.8 Å². The molecule has 134 valence electrons. The van der Waals surface area contributed by atoms with Crippen molar-refractivity contribution >= 4 is 11.9 Å². The van der Waals surface area contributed by atoms with E-state index in [0.717, 1.165) is 71.0 Å². The Balaban J connectivity index is 1.85. The van der Waals surface area contributed by atoms with Crippen molar-refractivity contribution in [3.63, 3.8) is 0 Å². The molecule has 0 atom stereocenters. The maximum absolute atomic E-state index is 11.0. The van der Waals surface area contributed by atoms with Gasteiger partial charge in [-0.25, -0.2) is 0 Å². The fraction of sp³-hybridized carbons (Fsp3) is 0.889. The van der Waals surface area contributed by atoms with Gasteiger partial charge in [0.2, 0.25) is 0 Å². The molecule has 0 aromatic carbocycles. The Labute approximate surface area is 139 Å². The van der Waals surface area contributed by atoms with E-state index in [1.165, 1.54) is 0 Å². The van der Waals surface area contributed by atoms with Gasteiger partial charge in [-0.3, -0.25) is 9.59 Å². The average Bonchev–Trinajstić information content (AvgIpc) is 3.25. The van der Waals surface area contributed by atoms with Gasteiger partial charge in [0, 0.05) is 13.2 Å². The Morgan fingerprint density at radius 3 is 2.00 bits per heavy atom. The minimum absolute atomic E-state index is 0.384. The molecule has 1 saturated carbocycles. The number of carbonyl (C=O) groups is 2. The standard InChI is InChI=1S/C18H32O5/c1-17(2,15(19)20)9-5-3-7-13-23-14-8-4-6-10-18(11-12-18)16(21)22/h3-14H2,1-2H3,(H,19,20)(H,21,22). The van der Waals surface area contributed by atoms with Gasteiger partial charge in [-0.1, -0.05) is 25.7 Å². The van der Waals surface area contributed by atoms with Crippen LogP contribution in [0.4, 0.5) is 0 Å². The molecule has 0 heterocycles. The number of hydrogen-bond acceptors (Lipinski definition) is 3. The lowest BCUT2D eigenvalue weighted by molar-refractivity contribution is -0.147. The first kappa shape index (κ1) is 19.9. The van der Waals surface area contributed by atoms with Gasteiger partial charge in [-0.05, 0) is 52.4 Å². The SMILES string of the molecule is CC(C)(CCCCCOCCCCCC1(C(=O)O)CC1)C(=O)O. The van der Waals surface area contributed by atoms with Crippen LogP contribution in [0.1, 0.15) is 78.1 Å². The summed E-state index contributed by atoms with van der Waals surface area (Å²) in [5, 5.41) is 18.1. The number of carboxylic acids is 2. The first-order valence-corrected chi connectivity index (χ1v) is 8.85. The third-order valence-electron chi connectivity index (χ3n) is 4.92. The molecule has 1 aliphatic rings. The molecular weight excluding hydrogens is 296 g/mol. The smallest absolute Gasteiger partial charge is 0.309 e. The summed E-state index contributed by atoms with van der Waals surface area (Å²) in [5.41, 5.74) is -1.01. The van der Waals surface area contributed by atoms with Crippen molar-refractivity contribution in [1.29, 1.82) is 0 Å². The molecule has 0 spiro atoms. The molecule has 23 heavy (non-hydrogen) atoms. The van der Waals surface area contributed by atoms with Crippen LogP contribution >= 0.6 is 0 Å². The summed E-state index contributed by atoms with van der Waals surface area (Å²) in [5.74, 6) is -1.36. The van der Waals surface area contributed by atoms with Gasteiger partial charge in [0.05, 0.1) is 10.8 Å². The fourth-order valence-corrected chi connectivity index (χ4v) is 2.72. The Morgan fingerprint density at radius 1 is 0.957 bits per heavy atom. The zero-order valence-corrected chi connectivity index (χ0v) is 14.6. The van der Waals surface area contributed by atoms with Crippen molar-refractivity contribution in [1.82, 2.24) is 0 Å². The van der Waals surface area contributed by atoms with Gasteiger partial charge in [-0.15, -0.1) is 0 Å². The summed E-state index contributed by atoms with van der Waals surface area (Å²) in [6.07, 6.45) is 9.07. The summed E-state index contributed by atoms with van der Waals surface area (Å²) < 4.78 is 5.58. The van der Waals surface area contributed by atoms with Gasteiger partial charge < -0.3 is 14.9 Å². The zero-order valence-electron chi connectivity index (χ0n) is 14.6. The van der Waals surface area contributed by atoms with Crippen molar-refractivity contribution in [3.8, 4) is 0 Å². The van der Waals surface area contributed by atoms with Crippen molar-refractivity contribution in [2.75, 3.05) is 13.2 Å². The molecule has 0 radical (unpaired) electrons. The van der Waals surface area contributed by atoms with Crippen LogP contribution < -0.4 is 0 Å². The summed E-state index contributed by atoms with van der Waals surface area (Å²) in [6.45, 7) is 5.00. The highest BCUT2D eigenvalue weighted by Gasteiger charge is 2.49. The van der Waals surface area contributed by atoms with Crippen LogP contribution in [0.15, 0.2) is 0 Å². The van der Waals surface area contributed by atoms with Crippen molar-refractivity contribution < 1.29 is 24.5 Å². The molecule has 0 saturated heterocycles. The molecule has 1 aliphatic carbocycles. The number of ether oxygens (including phenoxy) is 1. The van der Waals surface area contributed by atoms with Crippen LogP contribution in [0.2, 0.25) is 0 Å². The number of carboxylic acid groups (broad SMARTS) is 2. The van der Waals surface area contributed by atoms with Crippen molar-refractivity contribution in [2.45, 2.75) is 78.1 Å². The van der Waals surface area contributed by atoms with Crippen LogP contribution in [-0.2, 0) is 14.3 Å². The lowest BCUT2D eigenvalue weighted by Gasteiger charge is -2.18. The van der Waals surface area contributed by atoms with Crippen LogP contribution in [-0.4, -0.2) is 35.4 Å². The fourth-order valence-electron chi connectivity index (χ4n) is 2.72. The Hall–Kier alpha value is -1.10. The third-order valence-corrected chi connectivity index (χ3v) is 4.92. The molecule has 0 amide bonds. The van der Waals surface area contributed by atoms with Crippen LogP contribution in [0.3, 0.4) is 0 Å². The molecule has 0 bridgehead atoms. The maximum atomic E-state index is 11.0. The predicted octanol–water partition coefficient (Wildman–Crippen LogP) is 4.10. The highest BCUT2D eigenvalue weighted by Crippen LogP contribution is 2.50. The number of hydrogen-bond donors (Lipinski definition) is 2. The van der Waals surface area contributed by atoms with Crippen LogP contribution in [0, 0.1) is 10.8 Å². The molecule has 0 aromatic rings. The highest BCUT2D eigenvalue weighted by molar-refractivity contribution is 5.77. The van der Waals surface area contributed by atoms with E-state index in [-0.39, 0.29) is 5.41 Å². The maximum Gasteiger partial charge on any atom is 0.309 e. The van der Waals surface area contributed by atoms with E-state index < -0.39 is 17.4 Å². The molecule has 5 nitrogen and oxygen atoms in total. The second-order valence-electron chi connectivity index (χ2n) is 7.51. The van der Waals surface area contributed by atoms with E-state index in [4.69, 9.17) is 14.9 Å². The van der Waals surface area contributed by atoms with E-state index in [1.807, 2.05) is 0 Å². The van der Waals surface area contributed by atoms with Crippen LogP contribution in [0.25, 0.3) is 0 Å². The van der Waals surface area contributed by atoms with E-state index in [0.29, 0.717) is 6.42 Å². The summed E-state index contributed by atoms with van der Waals surface area (Å²) in [6, 6.07) is 0. The first-order valence-electron chi connectivity index (χ1n) is 8.85. The Kier molecular flexibility index (Phi) is 8.03. The highest BCUT2D eigenvalue weighted by atomic mass is 16.5. The van der Waals surface area contributed by atoms with E-state index in [1.54, 1.807) is 13.8 Å². The molecule has 5 heteroatoms. The molecule has 2 N–H and O–H groups in total. The summed E-state index contributed by atoms with van der Waals surface area (Å²) in [7, 11) is 0. The lowest BCUT2D eigenvalue weighted by atomic mass is 9.87. The molecule has 0 aliphatic heterocycles. The van der Waals surface area contributed by atoms with Crippen molar-refractivity contribution in [2.24, 2.45) is 10.8 Å². The van der Waals surface area contributed by atoms with Gasteiger partial charge in [0.15, 0.2) is 0 Å². The Morgan fingerprint density at radius 2 is 1.52 bits per heavy atom. The van der Waals surface area contributed by atoms with Crippen molar-refractivity contribution in [3.05, 3.63) is 0 Å². The summed E-state index contributed by atoms with van der Waals surface area (Å²) in [4.78, 5) is 22.0. The zero-order chi connectivity index (χ0) is 17.3. The number of rotatable bonds is 14. The van der Waals surface area contributed by atoms with Gasteiger partial charge in [0.1, 0.15) is 0 Å². The summed E-state index contributed by atoms with van der Waals surface area (Å²) >= 11 is 0. The van der Waals surface area contributed by atoms with Gasteiger partial charge in [0.25, 0.3) is 0 Å². The normalized spacial score (nSPS) is 16.3. The van der Waals surface area contributed by atoms with Gasteiger partial charge >= 0.3 is 11.9 Å². The number of unbranched alkanes of at least 4 members (excludes halogenated alkanes) is 4. The largest absolute Gasteiger partial charge is 0.481 e. The van der Waals surface area contributed by atoms with E-state index in [9.17, 15) is 9.59 Å². The minimum atomic E-state index is -0.732. The Bertz CT molecular complexity index is 361. The number of aliphatic carboxylic acids is 2. The lowest BCUT2D eigenvalue weighted by Crippen LogP contribution is -2.23. The van der Waals surface area contributed by atoms with E-state index in [2.05, 4.69) is 0 Å². The predicted molar refractivity (Wildman–Crippen MR) is 88.5 cm³/mol. The molecule has 0 aromatic heterocycles. The second kappa shape index (κ2) is 9.26. The molecular formula is C18H32O5. The van der Waals surface area contributed by atoms with E-state index >= 15 is 0 Å². The average molecular weight is 328 g/mol. The first-order chi connectivity index (χ1) is 10.8. The third kappa shape index (κ3) is 7.34. The molecule has 0 unspecified atom stereocenters. The second-order valence-corrected chi connectivity index (χ2v) is 7.51. The minimum Gasteiger partial charge on any atom is -0.481 e. The molecule has 1 fully saturated rings. The quantitative estimate of drug-likeness (QED) is 0.469.